The number of methoxy groups -OCH3 is 2. The Morgan fingerprint density at radius 3 is 2.25 bits per heavy atom. The van der Waals surface area contributed by atoms with Crippen LogP contribution in [0.2, 0.25) is 0 Å². The van der Waals surface area contributed by atoms with Gasteiger partial charge in [-0.1, -0.05) is 26.2 Å². The highest BCUT2D eigenvalue weighted by atomic mass is 16.5. The Kier molecular flexibility index (Phi) is 6.19. The Hall–Kier alpha value is -3.02. The Morgan fingerprint density at radius 1 is 0.929 bits per heavy atom. The molecule has 0 radical (unpaired) electrons. The first-order chi connectivity index (χ1) is 13.6. The molecule has 0 saturated heterocycles. The summed E-state index contributed by atoms with van der Waals surface area (Å²) < 4.78 is 16.4. The van der Waals surface area contributed by atoms with Crippen LogP contribution >= 0.6 is 0 Å². The number of hydrogen-bond donors (Lipinski definition) is 1. The van der Waals surface area contributed by atoms with E-state index in [1.165, 1.54) is 7.11 Å². The number of rotatable bonds is 8. The number of Topliss-reactive ketones (excluding diaryl/α,β-unsaturated/α-hetero) is 1. The minimum atomic E-state index is -0.667. The number of carbonyl (C=O) groups is 2. The Labute approximate surface area is 164 Å². The van der Waals surface area contributed by atoms with Crippen LogP contribution in [0.15, 0.2) is 36.4 Å². The van der Waals surface area contributed by atoms with Gasteiger partial charge >= 0.3 is 0 Å². The molecule has 2 aromatic rings. The van der Waals surface area contributed by atoms with Gasteiger partial charge in [0, 0.05) is 11.6 Å². The van der Waals surface area contributed by atoms with Gasteiger partial charge in [0.05, 0.1) is 19.9 Å². The smallest absolute Gasteiger partial charge is 0.235 e. The molecule has 0 saturated carbocycles. The van der Waals surface area contributed by atoms with E-state index in [0.29, 0.717) is 40.7 Å². The lowest BCUT2D eigenvalue weighted by Gasteiger charge is -2.26. The molecule has 1 aliphatic heterocycles. The summed E-state index contributed by atoms with van der Waals surface area (Å²) in [6.45, 7) is 2.09. The van der Waals surface area contributed by atoms with Crippen molar-refractivity contribution in [1.29, 1.82) is 0 Å². The molecule has 148 valence electrons. The third kappa shape index (κ3) is 4.11. The van der Waals surface area contributed by atoms with Gasteiger partial charge in [-0.15, -0.1) is 0 Å². The lowest BCUT2D eigenvalue weighted by Crippen LogP contribution is -2.35. The van der Waals surface area contributed by atoms with E-state index in [-0.39, 0.29) is 11.7 Å². The highest BCUT2D eigenvalue weighted by Crippen LogP contribution is 2.41. The van der Waals surface area contributed by atoms with Crippen molar-refractivity contribution in [1.82, 2.24) is 0 Å². The fraction of sp³-hybridized carbons (Fsp3) is 0.364. The summed E-state index contributed by atoms with van der Waals surface area (Å²) in [5.41, 5.74) is 0.808. The van der Waals surface area contributed by atoms with Crippen molar-refractivity contribution in [2.24, 2.45) is 5.92 Å². The highest BCUT2D eigenvalue weighted by molar-refractivity contribution is 6.21. The van der Waals surface area contributed by atoms with E-state index in [4.69, 9.17) is 14.2 Å². The average molecular weight is 383 g/mol. The van der Waals surface area contributed by atoms with Crippen molar-refractivity contribution in [2.45, 2.75) is 32.6 Å². The molecular weight excluding hydrogens is 358 g/mol. The van der Waals surface area contributed by atoms with Crippen LogP contribution in [-0.4, -0.2) is 25.9 Å². The molecule has 6 nitrogen and oxygen atoms in total. The van der Waals surface area contributed by atoms with E-state index in [1.807, 2.05) is 0 Å². The van der Waals surface area contributed by atoms with Gasteiger partial charge in [-0.2, -0.15) is 0 Å². The van der Waals surface area contributed by atoms with Crippen LogP contribution in [-0.2, 0) is 4.79 Å². The minimum absolute atomic E-state index is 0.187. The summed E-state index contributed by atoms with van der Waals surface area (Å²) in [4.78, 5) is 25.6. The molecule has 6 heteroatoms. The average Bonchev–Trinajstić information content (AvgIpc) is 2.71. The molecule has 1 heterocycles. The van der Waals surface area contributed by atoms with Crippen LogP contribution in [0.25, 0.3) is 0 Å². The molecule has 0 bridgehead atoms. The summed E-state index contributed by atoms with van der Waals surface area (Å²) in [5, 5.41) is 2.87. The van der Waals surface area contributed by atoms with Crippen molar-refractivity contribution in [3.63, 3.8) is 0 Å². The number of ketones is 1. The molecule has 0 aromatic heterocycles. The zero-order valence-corrected chi connectivity index (χ0v) is 16.4. The molecule has 1 atom stereocenters. The van der Waals surface area contributed by atoms with Crippen LogP contribution in [0.5, 0.6) is 23.0 Å². The summed E-state index contributed by atoms with van der Waals surface area (Å²) in [6.07, 6.45) is 3.42. The number of hydrogen-bond acceptors (Lipinski definition) is 5. The lowest BCUT2D eigenvalue weighted by atomic mass is 9.87. The molecule has 1 unspecified atom stereocenters. The minimum Gasteiger partial charge on any atom is -0.497 e. The summed E-state index contributed by atoms with van der Waals surface area (Å²) in [5.74, 6) is 1.00. The number of unbranched alkanes of at least 4 members (excludes halogenated alkanes) is 2. The quantitative estimate of drug-likeness (QED) is 0.522. The second-order valence-electron chi connectivity index (χ2n) is 6.73. The molecule has 28 heavy (non-hydrogen) atoms. The van der Waals surface area contributed by atoms with E-state index in [0.717, 1.165) is 19.3 Å². The molecule has 1 amide bonds. The topological polar surface area (TPSA) is 73.9 Å². The molecule has 1 aliphatic rings. The normalized spacial score (nSPS) is 15.6. The molecule has 0 spiro atoms. The fourth-order valence-corrected chi connectivity index (χ4v) is 3.26. The second kappa shape index (κ2) is 8.78. The number of carbonyl (C=O) groups excluding carboxylic acids is 2. The van der Waals surface area contributed by atoms with Crippen LogP contribution in [0.1, 0.15) is 43.0 Å². The Balaban J connectivity index is 1.93. The van der Waals surface area contributed by atoms with Gasteiger partial charge < -0.3 is 19.5 Å². The van der Waals surface area contributed by atoms with E-state index in [9.17, 15) is 9.59 Å². The largest absolute Gasteiger partial charge is 0.497 e. The SMILES string of the molecule is CCCCCC1C(=O)Nc2c(Oc3ccc(OC)cc3)cc(OC)cc2C1=O. The molecule has 1 N–H and O–H groups in total. The summed E-state index contributed by atoms with van der Waals surface area (Å²) in [6, 6.07) is 10.4. The van der Waals surface area contributed by atoms with Crippen LogP contribution in [0, 0.1) is 5.92 Å². The number of anilines is 1. The van der Waals surface area contributed by atoms with Crippen molar-refractivity contribution >= 4 is 17.4 Å². The lowest BCUT2D eigenvalue weighted by molar-refractivity contribution is -0.119. The van der Waals surface area contributed by atoms with Crippen LogP contribution < -0.4 is 19.5 Å². The molecular formula is C22H25NO5. The molecule has 0 fully saturated rings. The van der Waals surface area contributed by atoms with Crippen molar-refractivity contribution in [2.75, 3.05) is 19.5 Å². The van der Waals surface area contributed by atoms with Crippen molar-refractivity contribution < 1.29 is 23.8 Å². The van der Waals surface area contributed by atoms with Gasteiger partial charge in [0.15, 0.2) is 11.5 Å². The van der Waals surface area contributed by atoms with Gasteiger partial charge in [-0.05, 0) is 36.8 Å². The number of benzene rings is 2. The Bertz CT molecular complexity index is 860. The number of amides is 1. The third-order valence-corrected chi connectivity index (χ3v) is 4.84. The maximum atomic E-state index is 13.0. The van der Waals surface area contributed by atoms with Gasteiger partial charge in [-0.25, -0.2) is 0 Å². The van der Waals surface area contributed by atoms with E-state index in [2.05, 4.69) is 12.2 Å². The fourth-order valence-electron chi connectivity index (χ4n) is 3.26. The van der Waals surface area contributed by atoms with Crippen LogP contribution in [0.3, 0.4) is 0 Å². The highest BCUT2D eigenvalue weighted by Gasteiger charge is 2.36. The van der Waals surface area contributed by atoms with E-state index in [1.54, 1.807) is 43.5 Å². The maximum absolute atomic E-state index is 13.0. The number of fused-ring (bicyclic) bond motifs is 1. The predicted octanol–water partition coefficient (Wildman–Crippen LogP) is 4.83. The third-order valence-electron chi connectivity index (χ3n) is 4.84. The van der Waals surface area contributed by atoms with Crippen molar-refractivity contribution in [3.05, 3.63) is 42.0 Å². The first kappa shape index (κ1) is 19.7. The summed E-state index contributed by atoms with van der Waals surface area (Å²) >= 11 is 0. The molecule has 2 aromatic carbocycles. The number of nitrogens with one attached hydrogen (secondary N) is 1. The predicted molar refractivity (Wildman–Crippen MR) is 107 cm³/mol. The second-order valence-corrected chi connectivity index (χ2v) is 6.73. The van der Waals surface area contributed by atoms with Gasteiger partial charge in [-0.3, -0.25) is 9.59 Å². The first-order valence-corrected chi connectivity index (χ1v) is 9.46. The van der Waals surface area contributed by atoms with Crippen LogP contribution in [0.4, 0.5) is 5.69 Å². The van der Waals surface area contributed by atoms with Gasteiger partial charge in [0.25, 0.3) is 0 Å². The van der Waals surface area contributed by atoms with E-state index >= 15 is 0 Å². The zero-order chi connectivity index (χ0) is 20.1. The monoisotopic (exact) mass is 383 g/mol. The van der Waals surface area contributed by atoms with Gasteiger partial charge in [0.1, 0.15) is 23.2 Å². The number of ether oxygens (including phenoxy) is 3. The summed E-state index contributed by atoms with van der Waals surface area (Å²) in [7, 11) is 3.12. The molecule has 3 rings (SSSR count). The standard InChI is InChI=1S/C22H25NO5/c1-4-5-6-7-17-21(24)18-12-16(27-3)13-19(20(18)23-22(17)25)28-15-10-8-14(26-2)9-11-15/h8-13,17H,4-7H2,1-3H3,(H,23,25). The zero-order valence-electron chi connectivity index (χ0n) is 16.4. The Morgan fingerprint density at radius 2 is 1.61 bits per heavy atom. The van der Waals surface area contributed by atoms with Crippen molar-refractivity contribution in [3.8, 4) is 23.0 Å². The van der Waals surface area contributed by atoms with Gasteiger partial charge in [0.2, 0.25) is 5.91 Å². The van der Waals surface area contributed by atoms with E-state index < -0.39 is 5.92 Å². The first-order valence-electron chi connectivity index (χ1n) is 9.46. The maximum Gasteiger partial charge on any atom is 0.235 e. The molecule has 0 aliphatic carbocycles.